The van der Waals surface area contributed by atoms with Gasteiger partial charge in [0.05, 0.1) is 19.2 Å². The average molecular weight is 454 g/mol. The van der Waals surface area contributed by atoms with Crippen molar-refractivity contribution in [2.45, 2.75) is 31.3 Å². The van der Waals surface area contributed by atoms with Gasteiger partial charge in [-0.05, 0) is 41.7 Å². The average Bonchev–Trinajstić information content (AvgIpc) is 3.30. The smallest absolute Gasteiger partial charge is 0.250 e. The monoisotopic (exact) mass is 453 g/mol. The largest absolute Gasteiger partial charge is 0.497 e. The molecule has 2 atom stereocenters. The molecule has 1 aromatic heterocycles. The number of anilines is 2. The number of nitrogens with one attached hydrogen (secondary N) is 2. The van der Waals surface area contributed by atoms with Crippen molar-refractivity contribution in [1.29, 1.82) is 0 Å². The molecule has 7 heteroatoms. The van der Waals surface area contributed by atoms with Crippen molar-refractivity contribution in [3.05, 3.63) is 102 Å². The number of rotatable bonds is 7. The molecule has 0 saturated heterocycles. The SMILES string of the molecule is COc1ccc([C@H]2C[C@@H](c3ccccc3)n3nc(NC(=O)CCc4ccccc4)nc3N2)cc1. The van der Waals surface area contributed by atoms with Gasteiger partial charge in [0, 0.05) is 6.42 Å². The lowest BCUT2D eigenvalue weighted by Gasteiger charge is -2.31. The number of carbonyl (C=O) groups is 1. The molecule has 1 aliphatic rings. The highest BCUT2D eigenvalue weighted by molar-refractivity contribution is 5.89. The number of benzene rings is 3. The van der Waals surface area contributed by atoms with Gasteiger partial charge < -0.3 is 10.1 Å². The van der Waals surface area contributed by atoms with Gasteiger partial charge in [-0.3, -0.25) is 10.1 Å². The Bertz CT molecular complexity index is 1240. The highest BCUT2D eigenvalue weighted by Crippen LogP contribution is 2.38. The molecule has 34 heavy (non-hydrogen) atoms. The molecular weight excluding hydrogens is 426 g/mol. The van der Waals surface area contributed by atoms with Crippen LogP contribution < -0.4 is 15.4 Å². The molecule has 0 aliphatic carbocycles. The zero-order valence-electron chi connectivity index (χ0n) is 19.0. The number of fused-ring (bicyclic) bond motifs is 1. The van der Waals surface area contributed by atoms with Crippen molar-refractivity contribution in [1.82, 2.24) is 14.8 Å². The van der Waals surface area contributed by atoms with Crippen LogP contribution in [0.25, 0.3) is 0 Å². The van der Waals surface area contributed by atoms with E-state index in [0.717, 1.165) is 28.9 Å². The highest BCUT2D eigenvalue weighted by Gasteiger charge is 2.31. The first-order chi connectivity index (χ1) is 16.7. The first-order valence-corrected chi connectivity index (χ1v) is 11.5. The normalized spacial score (nSPS) is 16.9. The minimum Gasteiger partial charge on any atom is -0.497 e. The van der Waals surface area contributed by atoms with Gasteiger partial charge in [0.2, 0.25) is 11.9 Å². The van der Waals surface area contributed by atoms with Gasteiger partial charge in [-0.1, -0.05) is 72.8 Å². The first kappa shape index (κ1) is 21.7. The van der Waals surface area contributed by atoms with Gasteiger partial charge in [0.25, 0.3) is 5.95 Å². The van der Waals surface area contributed by atoms with Gasteiger partial charge >= 0.3 is 0 Å². The molecule has 1 aliphatic heterocycles. The number of carbonyl (C=O) groups excluding carboxylic acids is 1. The maximum atomic E-state index is 12.6. The minimum atomic E-state index is -0.102. The Morgan fingerprint density at radius 3 is 2.41 bits per heavy atom. The molecule has 3 aromatic carbocycles. The van der Waals surface area contributed by atoms with Gasteiger partial charge in [-0.25, -0.2) is 4.68 Å². The van der Waals surface area contributed by atoms with Crippen LogP contribution in [-0.4, -0.2) is 27.8 Å². The molecule has 0 spiro atoms. The third-order valence-corrected chi connectivity index (χ3v) is 6.13. The Labute approximate surface area is 198 Å². The minimum absolute atomic E-state index is 0.00739. The predicted octanol–water partition coefficient (Wildman–Crippen LogP) is 5.00. The van der Waals surface area contributed by atoms with E-state index in [1.807, 2.05) is 65.3 Å². The third-order valence-electron chi connectivity index (χ3n) is 6.13. The van der Waals surface area contributed by atoms with Crippen LogP contribution in [0.1, 0.15) is 41.6 Å². The standard InChI is InChI=1S/C27H27N5O2/c1-34-22-15-13-20(14-16-22)23-18-24(21-10-6-3-7-11-21)32-27(28-23)30-26(31-32)29-25(33)17-12-19-8-4-2-5-9-19/h2-11,13-16,23-24H,12,17-18H2,1H3,(H2,28,29,30,31,33)/t23-,24+/m1/s1. The zero-order valence-corrected chi connectivity index (χ0v) is 19.0. The number of amides is 1. The summed E-state index contributed by atoms with van der Waals surface area (Å²) in [5.74, 6) is 1.67. The molecule has 4 aromatic rings. The molecule has 0 unspecified atom stereocenters. The lowest BCUT2D eigenvalue weighted by Crippen LogP contribution is -2.28. The molecule has 2 heterocycles. The van der Waals surface area contributed by atoms with Crippen LogP contribution in [0.4, 0.5) is 11.9 Å². The van der Waals surface area contributed by atoms with E-state index >= 15 is 0 Å². The summed E-state index contributed by atoms with van der Waals surface area (Å²) in [6.45, 7) is 0. The lowest BCUT2D eigenvalue weighted by atomic mass is 9.93. The first-order valence-electron chi connectivity index (χ1n) is 11.5. The summed E-state index contributed by atoms with van der Waals surface area (Å²) in [4.78, 5) is 17.2. The highest BCUT2D eigenvalue weighted by atomic mass is 16.5. The molecule has 2 N–H and O–H groups in total. The number of hydrogen-bond donors (Lipinski definition) is 2. The van der Waals surface area contributed by atoms with Crippen LogP contribution in [0.5, 0.6) is 5.75 Å². The number of nitrogens with zero attached hydrogens (tertiary/aromatic N) is 3. The zero-order chi connectivity index (χ0) is 23.3. The molecule has 7 nitrogen and oxygen atoms in total. The second-order valence-electron chi connectivity index (χ2n) is 8.37. The topological polar surface area (TPSA) is 81.1 Å². The number of ether oxygens (including phenoxy) is 1. The van der Waals surface area contributed by atoms with Crippen molar-refractivity contribution in [2.75, 3.05) is 17.7 Å². The summed E-state index contributed by atoms with van der Waals surface area (Å²) in [7, 11) is 1.66. The summed E-state index contributed by atoms with van der Waals surface area (Å²) >= 11 is 0. The summed E-state index contributed by atoms with van der Waals surface area (Å²) in [6, 6.07) is 28.3. The predicted molar refractivity (Wildman–Crippen MR) is 132 cm³/mol. The molecule has 1 amide bonds. The summed E-state index contributed by atoms with van der Waals surface area (Å²) < 4.78 is 7.18. The third kappa shape index (κ3) is 4.78. The second kappa shape index (κ2) is 9.79. The molecule has 0 radical (unpaired) electrons. The summed E-state index contributed by atoms with van der Waals surface area (Å²) in [6.07, 6.45) is 1.84. The molecule has 172 valence electrons. The molecular formula is C27H27N5O2. The number of aromatic nitrogens is 3. The van der Waals surface area contributed by atoms with Gasteiger partial charge in [0.1, 0.15) is 5.75 Å². The van der Waals surface area contributed by atoms with E-state index in [0.29, 0.717) is 24.7 Å². The Balaban J connectivity index is 1.37. The van der Waals surface area contributed by atoms with E-state index in [9.17, 15) is 4.79 Å². The van der Waals surface area contributed by atoms with Crippen LogP contribution in [0.2, 0.25) is 0 Å². The molecule has 0 bridgehead atoms. The number of aryl methyl sites for hydroxylation is 1. The summed E-state index contributed by atoms with van der Waals surface area (Å²) in [5.41, 5.74) is 3.42. The Morgan fingerprint density at radius 1 is 1.00 bits per heavy atom. The quantitative estimate of drug-likeness (QED) is 0.411. The van der Waals surface area contributed by atoms with E-state index in [1.54, 1.807) is 7.11 Å². The fourth-order valence-electron chi connectivity index (χ4n) is 4.33. The van der Waals surface area contributed by atoms with Crippen molar-refractivity contribution in [3.8, 4) is 5.75 Å². The van der Waals surface area contributed by atoms with Crippen molar-refractivity contribution >= 4 is 17.8 Å². The van der Waals surface area contributed by atoms with Crippen LogP contribution in [0.15, 0.2) is 84.9 Å². The van der Waals surface area contributed by atoms with E-state index in [2.05, 4.69) is 45.0 Å². The number of hydrogen-bond acceptors (Lipinski definition) is 5. The summed E-state index contributed by atoms with van der Waals surface area (Å²) in [5, 5.41) is 11.0. The second-order valence-corrected chi connectivity index (χ2v) is 8.37. The lowest BCUT2D eigenvalue weighted by molar-refractivity contribution is -0.116. The van der Waals surface area contributed by atoms with Gasteiger partial charge in [-0.15, -0.1) is 5.10 Å². The maximum Gasteiger partial charge on any atom is 0.250 e. The van der Waals surface area contributed by atoms with Gasteiger partial charge in [0.15, 0.2) is 0 Å². The Hall–Kier alpha value is -4.13. The maximum absolute atomic E-state index is 12.6. The Kier molecular flexibility index (Phi) is 6.25. The van der Waals surface area contributed by atoms with Crippen LogP contribution in [0, 0.1) is 0 Å². The van der Waals surface area contributed by atoms with Crippen molar-refractivity contribution < 1.29 is 9.53 Å². The number of methoxy groups -OCH3 is 1. The molecule has 0 saturated carbocycles. The van der Waals surface area contributed by atoms with Crippen LogP contribution >= 0.6 is 0 Å². The van der Waals surface area contributed by atoms with Crippen molar-refractivity contribution in [2.24, 2.45) is 0 Å². The van der Waals surface area contributed by atoms with Crippen LogP contribution in [0.3, 0.4) is 0 Å². The Morgan fingerprint density at radius 2 is 1.71 bits per heavy atom. The van der Waals surface area contributed by atoms with E-state index in [4.69, 9.17) is 4.74 Å². The van der Waals surface area contributed by atoms with Gasteiger partial charge in [-0.2, -0.15) is 4.98 Å². The fraction of sp³-hybridized carbons (Fsp3) is 0.222. The van der Waals surface area contributed by atoms with E-state index in [-0.39, 0.29) is 18.0 Å². The molecule has 5 rings (SSSR count). The fourth-order valence-corrected chi connectivity index (χ4v) is 4.33. The van der Waals surface area contributed by atoms with E-state index in [1.165, 1.54) is 0 Å². The molecule has 0 fully saturated rings. The van der Waals surface area contributed by atoms with Crippen molar-refractivity contribution in [3.63, 3.8) is 0 Å². The van der Waals surface area contributed by atoms with E-state index < -0.39 is 0 Å². The van der Waals surface area contributed by atoms with Crippen LogP contribution in [-0.2, 0) is 11.2 Å².